The summed E-state index contributed by atoms with van der Waals surface area (Å²) < 4.78 is 0. The molecule has 1 aromatic rings. The summed E-state index contributed by atoms with van der Waals surface area (Å²) in [7, 11) is 0. The zero-order valence-corrected chi connectivity index (χ0v) is 9.68. The van der Waals surface area contributed by atoms with Crippen LogP contribution in [-0.4, -0.2) is 10.9 Å². The second kappa shape index (κ2) is 5.25. The molecule has 0 fully saturated rings. The van der Waals surface area contributed by atoms with E-state index < -0.39 is 0 Å². The van der Waals surface area contributed by atoms with E-state index in [2.05, 4.69) is 10.3 Å². The van der Waals surface area contributed by atoms with Crippen LogP contribution in [0.1, 0.15) is 22.5 Å². The number of hydrogen-bond donors (Lipinski definition) is 1. The lowest BCUT2D eigenvalue weighted by atomic mass is 10.2. The third-order valence-electron chi connectivity index (χ3n) is 2.41. The molecule has 1 heterocycles. The van der Waals surface area contributed by atoms with E-state index >= 15 is 0 Å². The molecule has 86 valence electrons. The van der Waals surface area contributed by atoms with Crippen LogP contribution in [0, 0.1) is 6.92 Å². The Hall–Kier alpha value is -2.16. The van der Waals surface area contributed by atoms with Crippen molar-refractivity contribution in [2.45, 2.75) is 13.3 Å². The van der Waals surface area contributed by atoms with E-state index in [0.717, 1.165) is 17.8 Å². The second-order valence-electron chi connectivity index (χ2n) is 3.83. The van der Waals surface area contributed by atoms with E-state index in [1.54, 1.807) is 12.3 Å². The molecule has 3 heteroatoms. The van der Waals surface area contributed by atoms with E-state index in [1.807, 2.05) is 43.4 Å². The molecule has 0 saturated carbocycles. The fraction of sp³-hybridized carbons (Fsp3) is 0.143. The predicted octanol–water partition coefficient (Wildman–Crippen LogP) is 2.52. The summed E-state index contributed by atoms with van der Waals surface area (Å²) in [6.45, 7) is 1.89. The summed E-state index contributed by atoms with van der Waals surface area (Å²) in [6.07, 6.45) is 12.2. The van der Waals surface area contributed by atoms with Gasteiger partial charge in [0.15, 0.2) is 0 Å². The number of rotatable bonds is 2. The molecule has 1 aliphatic rings. The molecule has 0 saturated heterocycles. The smallest absolute Gasteiger partial charge is 0.257 e. The number of amides is 1. The zero-order chi connectivity index (χ0) is 12.1. The number of carbonyl (C=O) groups is 1. The second-order valence-corrected chi connectivity index (χ2v) is 3.83. The van der Waals surface area contributed by atoms with E-state index in [1.165, 1.54) is 0 Å². The van der Waals surface area contributed by atoms with Gasteiger partial charge in [0.05, 0.1) is 5.56 Å². The normalized spacial score (nSPS) is 14.1. The minimum absolute atomic E-state index is 0.135. The van der Waals surface area contributed by atoms with Crippen molar-refractivity contribution in [2.75, 3.05) is 0 Å². The van der Waals surface area contributed by atoms with Crippen LogP contribution in [-0.2, 0) is 0 Å². The van der Waals surface area contributed by atoms with Gasteiger partial charge >= 0.3 is 0 Å². The molecule has 0 aliphatic heterocycles. The van der Waals surface area contributed by atoms with Crippen LogP contribution >= 0.6 is 0 Å². The quantitative estimate of drug-likeness (QED) is 0.842. The van der Waals surface area contributed by atoms with Crippen LogP contribution in [0.4, 0.5) is 0 Å². The minimum atomic E-state index is -0.135. The monoisotopic (exact) mass is 226 g/mol. The number of allylic oxidation sites excluding steroid dienone is 5. The van der Waals surface area contributed by atoms with Gasteiger partial charge in [0.2, 0.25) is 0 Å². The Labute approximate surface area is 101 Å². The van der Waals surface area contributed by atoms with Crippen molar-refractivity contribution in [1.29, 1.82) is 0 Å². The molecule has 0 bridgehead atoms. The van der Waals surface area contributed by atoms with Crippen LogP contribution in [0.15, 0.2) is 54.4 Å². The van der Waals surface area contributed by atoms with Crippen molar-refractivity contribution in [1.82, 2.24) is 10.3 Å². The van der Waals surface area contributed by atoms with Gasteiger partial charge in [0, 0.05) is 17.6 Å². The number of nitrogens with zero attached hydrogens (tertiary/aromatic N) is 1. The van der Waals surface area contributed by atoms with E-state index in [9.17, 15) is 4.79 Å². The van der Waals surface area contributed by atoms with Crippen LogP contribution in [0.3, 0.4) is 0 Å². The predicted molar refractivity (Wildman–Crippen MR) is 67.4 cm³/mol. The van der Waals surface area contributed by atoms with Gasteiger partial charge in [-0.3, -0.25) is 9.78 Å². The average Bonchev–Trinajstić information content (AvgIpc) is 2.58. The summed E-state index contributed by atoms with van der Waals surface area (Å²) in [6, 6.07) is 3.60. The fourth-order valence-electron chi connectivity index (χ4n) is 1.47. The highest BCUT2D eigenvalue weighted by atomic mass is 16.1. The van der Waals surface area contributed by atoms with Gasteiger partial charge in [-0.25, -0.2) is 0 Å². The molecule has 0 unspecified atom stereocenters. The maximum absolute atomic E-state index is 11.9. The number of aryl methyl sites for hydroxylation is 1. The van der Waals surface area contributed by atoms with Crippen molar-refractivity contribution in [2.24, 2.45) is 0 Å². The van der Waals surface area contributed by atoms with Crippen LogP contribution < -0.4 is 5.32 Å². The molecule has 0 aromatic carbocycles. The lowest BCUT2D eigenvalue weighted by Crippen LogP contribution is -2.21. The Morgan fingerprint density at radius 3 is 3.00 bits per heavy atom. The van der Waals surface area contributed by atoms with Crippen molar-refractivity contribution in [3.63, 3.8) is 0 Å². The van der Waals surface area contributed by atoms with Gasteiger partial charge in [-0.1, -0.05) is 18.2 Å². The lowest BCUT2D eigenvalue weighted by molar-refractivity contribution is 0.0967. The molecular weight excluding hydrogens is 212 g/mol. The van der Waals surface area contributed by atoms with E-state index in [4.69, 9.17) is 0 Å². The van der Waals surface area contributed by atoms with Gasteiger partial charge in [-0.2, -0.15) is 0 Å². The van der Waals surface area contributed by atoms with Crippen molar-refractivity contribution >= 4 is 5.91 Å². The highest BCUT2D eigenvalue weighted by molar-refractivity contribution is 5.95. The SMILES string of the molecule is Cc1ccc(C(=O)NC2=CC=CCC=C2)cn1. The topological polar surface area (TPSA) is 42.0 Å². The Morgan fingerprint density at radius 2 is 2.24 bits per heavy atom. The lowest BCUT2D eigenvalue weighted by Gasteiger charge is -2.05. The molecule has 1 N–H and O–H groups in total. The highest BCUT2D eigenvalue weighted by Gasteiger charge is 2.06. The van der Waals surface area contributed by atoms with Gasteiger partial charge in [-0.15, -0.1) is 0 Å². The molecular formula is C14H14N2O. The molecule has 1 amide bonds. The summed E-state index contributed by atoms with van der Waals surface area (Å²) >= 11 is 0. The first-order chi connectivity index (χ1) is 8.25. The summed E-state index contributed by atoms with van der Waals surface area (Å²) in [4.78, 5) is 16.0. The molecule has 0 radical (unpaired) electrons. The molecule has 1 aromatic heterocycles. The number of nitrogens with one attached hydrogen (secondary N) is 1. The van der Waals surface area contributed by atoms with Crippen LogP contribution in [0.25, 0.3) is 0 Å². The van der Waals surface area contributed by atoms with E-state index in [0.29, 0.717) is 5.56 Å². The van der Waals surface area contributed by atoms with Gasteiger partial charge in [0.25, 0.3) is 5.91 Å². The standard InChI is InChI=1S/C14H14N2O/c1-11-8-9-12(10-15-11)14(17)16-13-6-4-2-3-5-7-13/h2,4-10H,3H2,1H3,(H,16,17). The van der Waals surface area contributed by atoms with Crippen LogP contribution in [0.2, 0.25) is 0 Å². The summed E-state index contributed by atoms with van der Waals surface area (Å²) in [5, 5.41) is 2.84. The summed E-state index contributed by atoms with van der Waals surface area (Å²) in [5.74, 6) is -0.135. The first kappa shape index (κ1) is 11.3. The van der Waals surface area contributed by atoms with Gasteiger partial charge in [-0.05, 0) is 37.6 Å². The maximum Gasteiger partial charge on any atom is 0.257 e. The van der Waals surface area contributed by atoms with Gasteiger partial charge < -0.3 is 5.32 Å². The van der Waals surface area contributed by atoms with Gasteiger partial charge in [0.1, 0.15) is 0 Å². The average molecular weight is 226 g/mol. The molecule has 3 nitrogen and oxygen atoms in total. The third-order valence-corrected chi connectivity index (χ3v) is 2.41. The summed E-state index contributed by atoms with van der Waals surface area (Å²) in [5.41, 5.74) is 2.26. The largest absolute Gasteiger partial charge is 0.322 e. The number of aromatic nitrogens is 1. The molecule has 17 heavy (non-hydrogen) atoms. The minimum Gasteiger partial charge on any atom is -0.322 e. The van der Waals surface area contributed by atoms with Crippen molar-refractivity contribution in [3.8, 4) is 0 Å². The zero-order valence-electron chi connectivity index (χ0n) is 9.68. The van der Waals surface area contributed by atoms with E-state index in [-0.39, 0.29) is 5.91 Å². The number of carbonyl (C=O) groups excluding carboxylic acids is 1. The number of pyridine rings is 1. The first-order valence-corrected chi connectivity index (χ1v) is 5.53. The Morgan fingerprint density at radius 1 is 1.35 bits per heavy atom. The Balaban J connectivity index is 2.09. The first-order valence-electron chi connectivity index (χ1n) is 5.53. The third kappa shape index (κ3) is 3.14. The Kier molecular flexibility index (Phi) is 3.50. The fourth-order valence-corrected chi connectivity index (χ4v) is 1.47. The van der Waals surface area contributed by atoms with Crippen molar-refractivity contribution in [3.05, 3.63) is 65.7 Å². The molecule has 0 atom stereocenters. The molecule has 1 aliphatic carbocycles. The molecule has 2 rings (SSSR count). The molecule has 0 spiro atoms. The van der Waals surface area contributed by atoms with Crippen LogP contribution in [0.5, 0.6) is 0 Å². The van der Waals surface area contributed by atoms with Crippen molar-refractivity contribution < 1.29 is 4.79 Å². The number of hydrogen-bond acceptors (Lipinski definition) is 2. The Bertz CT molecular complexity index is 495. The maximum atomic E-state index is 11.9. The highest BCUT2D eigenvalue weighted by Crippen LogP contribution is 2.04.